The van der Waals surface area contributed by atoms with Crippen LogP contribution in [0.5, 0.6) is 5.88 Å². The molecule has 2 aliphatic heterocycles. The second-order valence-corrected chi connectivity index (χ2v) is 13.4. The first-order chi connectivity index (χ1) is 19.8. The van der Waals surface area contributed by atoms with Gasteiger partial charge in [-0.25, -0.2) is 4.98 Å². The van der Waals surface area contributed by atoms with Gasteiger partial charge in [-0.2, -0.15) is 0 Å². The number of aliphatic hydroxyl groups is 1. The summed E-state index contributed by atoms with van der Waals surface area (Å²) in [7, 11) is 1.50. The lowest BCUT2D eigenvalue weighted by atomic mass is 9.83. The largest absolute Gasteiger partial charge is 0.480 e. The van der Waals surface area contributed by atoms with E-state index in [9.17, 15) is 14.7 Å². The van der Waals surface area contributed by atoms with Gasteiger partial charge < -0.3 is 30.2 Å². The van der Waals surface area contributed by atoms with Crippen LogP contribution in [0, 0.1) is 35.0 Å². The predicted octanol–water partition coefficient (Wildman–Crippen LogP) is 2.82. The maximum atomic E-state index is 14.0. The maximum Gasteiger partial charge on any atom is 0.257 e. The van der Waals surface area contributed by atoms with E-state index in [0.717, 1.165) is 25.7 Å². The van der Waals surface area contributed by atoms with Gasteiger partial charge in [0.25, 0.3) is 5.91 Å². The topological polar surface area (TPSA) is 125 Å². The third-order valence-electron chi connectivity index (χ3n) is 10.7. The lowest BCUT2D eigenvalue weighted by Gasteiger charge is -2.32. The molecule has 6 aliphatic rings. The van der Waals surface area contributed by atoms with Crippen molar-refractivity contribution < 1.29 is 24.3 Å². The highest BCUT2D eigenvalue weighted by molar-refractivity contribution is 6.03. The molecule has 10 heteroatoms. The minimum Gasteiger partial charge on any atom is -0.480 e. The molecular weight excluding hydrogens is 522 g/mol. The molecule has 7 rings (SSSR count). The van der Waals surface area contributed by atoms with Crippen molar-refractivity contribution in [2.75, 3.05) is 20.3 Å². The number of aromatic nitrogens is 1. The molecule has 1 saturated heterocycles. The van der Waals surface area contributed by atoms with E-state index >= 15 is 0 Å². The Kier molecular flexibility index (Phi) is 6.52. The van der Waals surface area contributed by atoms with Gasteiger partial charge in [-0.1, -0.05) is 23.7 Å². The van der Waals surface area contributed by atoms with E-state index in [1.165, 1.54) is 25.5 Å². The first kappa shape index (κ1) is 26.7. The minimum absolute atomic E-state index is 0.0552. The Hall–Kier alpha value is -3.14. The molecular formula is C31H41N5O5. The van der Waals surface area contributed by atoms with Gasteiger partial charge >= 0.3 is 0 Å². The summed E-state index contributed by atoms with van der Waals surface area (Å²) in [6, 6.07) is 1.58. The standard InChI is InChI=1S/C31H41N5O5/c1-16(31(2)8-9-31)33-29(39)25-20-6-7-21(22(20)10-17-4-5-17)26(25)34-28(38)23-12-19(13-32-30(23)40-3)27-35-41-24-11-18(15-37)14-36(24)27/h10,12-13,16-18,20-21,24-26,37H,4-9,11,14-15H2,1-3H3,(H,33,39)(H,34,38)/b22-10-/t16-,18+,20+,21-,24-,25+,26-/m1/s1. The molecule has 3 N–H and O–H groups in total. The van der Waals surface area contributed by atoms with Crippen LogP contribution < -0.4 is 15.4 Å². The Labute approximate surface area is 240 Å². The van der Waals surface area contributed by atoms with Crippen molar-refractivity contribution in [3.63, 3.8) is 0 Å². The summed E-state index contributed by atoms with van der Waals surface area (Å²) >= 11 is 0. The molecule has 0 spiro atoms. The second-order valence-electron chi connectivity index (χ2n) is 13.4. The zero-order valence-corrected chi connectivity index (χ0v) is 24.1. The molecule has 41 heavy (non-hydrogen) atoms. The van der Waals surface area contributed by atoms with Gasteiger partial charge in [-0.05, 0) is 68.8 Å². The van der Waals surface area contributed by atoms with Crippen molar-refractivity contribution in [3.05, 3.63) is 35.0 Å². The Morgan fingerprint density at radius 1 is 1.27 bits per heavy atom. The van der Waals surface area contributed by atoms with Crippen LogP contribution in [0.15, 0.2) is 29.1 Å². The molecule has 220 valence electrons. The number of amides is 2. The smallest absolute Gasteiger partial charge is 0.257 e. The van der Waals surface area contributed by atoms with Crippen LogP contribution in [0.4, 0.5) is 0 Å². The molecule has 4 saturated carbocycles. The highest BCUT2D eigenvalue weighted by Crippen LogP contribution is 2.55. The fourth-order valence-electron chi connectivity index (χ4n) is 7.52. The highest BCUT2D eigenvalue weighted by atomic mass is 16.7. The van der Waals surface area contributed by atoms with Crippen molar-refractivity contribution in [1.82, 2.24) is 20.5 Å². The van der Waals surface area contributed by atoms with E-state index in [1.54, 1.807) is 12.3 Å². The fraction of sp³-hybridized carbons (Fsp3) is 0.677. The monoisotopic (exact) mass is 563 g/mol. The van der Waals surface area contributed by atoms with Crippen LogP contribution in [0.1, 0.15) is 74.7 Å². The third-order valence-corrected chi connectivity index (χ3v) is 10.7. The number of hydrogen-bond acceptors (Lipinski definition) is 8. The Morgan fingerprint density at radius 3 is 2.76 bits per heavy atom. The fourth-order valence-corrected chi connectivity index (χ4v) is 7.52. The lowest BCUT2D eigenvalue weighted by Crippen LogP contribution is -2.52. The highest BCUT2D eigenvalue weighted by Gasteiger charge is 2.56. The predicted molar refractivity (Wildman–Crippen MR) is 151 cm³/mol. The van der Waals surface area contributed by atoms with Crippen molar-refractivity contribution in [1.29, 1.82) is 0 Å². The average molecular weight is 564 g/mol. The number of nitrogens with zero attached hydrogens (tertiary/aromatic N) is 3. The SMILES string of the molecule is COc1ncc(C2=NO[C@@H]3C[C@H](CO)CN23)cc1C(=O)N[C@H]1[C@@H](C(=O)N[C@H](C)C2(C)CC2)[C@H]2CC[C@@H]1/C2=C\C1CC1. The third kappa shape index (κ3) is 4.68. The zero-order valence-electron chi connectivity index (χ0n) is 24.1. The number of allylic oxidation sites excluding steroid dienone is 1. The minimum atomic E-state index is -0.301. The molecule has 5 fully saturated rings. The van der Waals surface area contributed by atoms with Crippen LogP contribution in [0.25, 0.3) is 0 Å². The molecule has 0 unspecified atom stereocenters. The lowest BCUT2D eigenvalue weighted by molar-refractivity contribution is -0.128. The van der Waals surface area contributed by atoms with E-state index in [0.29, 0.717) is 35.8 Å². The average Bonchev–Trinajstić information content (AvgIpc) is 3.76. The molecule has 1 aromatic heterocycles. The second kappa shape index (κ2) is 10.00. The molecule has 10 nitrogen and oxygen atoms in total. The molecule has 0 aromatic carbocycles. The summed E-state index contributed by atoms with van der Waals surface area (Å²) in [4.78, 5) is 39.8. The number of amidine groups is 1. The van der Waals surface area contributed by atoms with E-state index in [-0.39, 0.29) is 71.7 Å². The van der Waals surface area contributed by atoms with Gasteiger partial charge in [0, 0.05) is 55.3 Å². The number of carbonyl (C=O) groups excluding carboxylic acids is 2. The molecule has 4 aliphatic carbocycles. The summed E-state index contributed by atoms with van der Waals surface area (Å²) in [5.41, 5.74) is 2.51. The van der Waals surface area contributed by atoms with Gasteiger partial charge in [0.2, 0.25) is 18.0 Å². The molecule has 7 atom stereocenters. The van der Waals surface area contributed by atoms with E-state index < -0.39 is 0 Å². The number of rotatable bonds is 9. The first-order valence-corrected chi connectivity index (χ1v) is 15.3. The number of pyridine rings is 1. The quantitative estimate of drug-likeness (QED) is 0.395. The van der Waals surface area contributed by atoms with Crippen LogP contribution in [-0.4, -0.2) is 71.2 Å². The summed E-state index contributed by atoms with van der Waals surface area (Å²) in [5.74, 6) is 1.37. The van der Waals surface area contributed by atoms with Gasteiger partial charge in [-0.3, -0.25) is 9.59 Å². The van der Waals surface area contributed by atoms with E-state index in [1.807, 2.05) is 4.90 Å². The molecule has 3 heterocycles. The Morgan fingerprint density at radius 2 is 2.05 bits per heavy atom. The number of methoxy groups -OCH3 is 1. The van der Waals surface area contributed by atoms with Gasteiger partial charge in [-0.15, -0.1) is 0 Å². The van der Waals surface area contributed by atoms with Crippen molar-refractivity contribution in [2.45, 2.75) is 77.1 Å². The van der Waals surface area contributed by atoms with Crippen LogP contribution in [-0.2, 0) is 9.63 Å². The van der Waals surface area contributed by atoms with Crippen molar-refractivity contribution >= 4 is 17.6 Å². The summed E-state index contributed by atoms with van der Waals surface area (Å²) in [6.07, 6.45) is 11.2. The summed E-state index contributed by atoms with van der Waals surface area (Å²) in [6.45, 7) is 5.06. The maximum absolute atomic E-state index is 14.0. The summed E-state index contributed by atoms with van der Waals surface area (Å²) in [5, 5.41) is 20.5. The number of ether oxygens (including phenoxy) is 1. The van der Waals surface area contributed by atoms with Crippen LogP contribution in [0.3, 0.4) is 0 Å². The molecule has 2 bridgehead atoms. The van der Waals surface area contributed by atoms with Gasteiger partial charge in [0.1, 0.15) is 5.56 Å². The molecule has 1 aromatic rings. The first-order valence-electron chi connectivity index (χ1n) is 15.3. The van der Waals surface area contributed by atoms with Gasteiger partial charge in [0.05, 0.1) is 13.0 Å². The number of nitrogens with one attached hydrogen (secondary N) is 2. The van der Waals surface area contributed by atoms with Crippen molar-refractivity contribution in [3.8, 4) is 5.88 Å². The van der Waals surface area contributed by atoms with Crippen LogP contribution in [0.2, 0.25) is 0 Å². The number of oxime groups is 1. The Balaban J connectivity index is 1.15. The zero-order chi connectivity index (χ0) is 28.5. The number of aliphatic hydroxyl groups excluding tert-OH is 1. The number of carbonyl (C=O) groups is 2. The molecule has 0 radical (unpaired) electrons. The Bertz CT molecular complexity index is 1300. The van der Waals surface area contributed by atoms with Crippen LogP contribution >= 0.6 is 0 Å². The normalized spacial score (nSPS) is 34.2. The molecule has 2 amide bonds. The number of hydrogen-bond donors (Lipinski definition) is 3. The van der Waals surface area contributed by atoms with Crippen molar-refractivity contribution in [2.24, 2.45) is 40.2 Å². The van der Waals surface area contributed by atoms with Gasteiger partial charge in [0.15, 0.2) is 5.84 Å². The summed E-state index contributed by atoms with van der Waals surface area (Å²) < 4.78 is 5.50. The van der Waals surface area contributed by atoms with E-state index in [2.05, 4.69) is 40.7 Å². The van der Waals surface area contributed by atoms with E-state index in [4.69, 9.17) is 9.57 Å². The number of fused-ring (bicyclic) bond motifs is 3.